The fraction of sp³-hybridized carbons (Fsp3) is 0.424. The van der Waals surface area contributed by atoms with E-state index in [9.17, 15) is 28.0 Å². The quantitative estimate of drug-likeness (QED) is 0.312. The molecule has 1 atom stereocenters. The van der Waals surface area contributed by atoms with E-state index in [1.807, 2.05) is 0 Å². The van der Waals surface area contributed by atoms with Crippen molar-refractivity contribution in [2.45, 2.75) is 51.7 Å². The van der Waals surface area contributed by atoms with Gasteiger partial charge in [0.1, 0.15) is 29.7 Å². The normalized spacial score (nSPS) is 14.0. The van der Waals surface area contributed by atoms with E-state index < -0.39 is 35.5 Å². The molecule has 1 aliphatic rings. The maximum absolute atomic E-state index is 13.9. The van der Waals surface area contributed by atoms with Gasteiger partial charge >= 0.3 is 12.2 Å². The lowest BCUT2D eigenvalue weighted by molar-refractivity contribution is -0.138. The highest BCUT2D eigenvalue weighted by molar-refractivity contribution is 6.31. The molecule has 3 aromatic rings. The van der Waals surface area contributed by atoms with Gasteiger partial charge in [-0.3, -0.25) is 14.9 Å². The number of aryl methyl sites for hydroxylation is 1. The first kappa shape index (κ1) is 35.3. The van der Waals surface area contributed by atoms with E-state index in [1.165, 1.54) is 53.4 Å². The van der Waals surface area contributed by atoms with Gasteiger partial charge in [-0.2, -0.15) is 0 Å². The van der Waals surface area contributed by atoms with Gasteiger partial charge in [0, 0.05) is 51.2 Å². The number of ether oxygens (including phenoxy) is 2. The topological polar surface area (TPSA) is 121 Å². The predicted octanol–water partition coefficient (Wildman–Crippen LogP) is 5.64. The first-order valence-corrected chi connectivity index (χ1v) is 15.5. The van der Waals surface area contributed by atoms with Crippen molar-refractivity contribution in [3.8, 4) is 0 Å². The lowest BCUT2D eigenvalue weighted by Crippen LogP contribution is -2.53. The van der Waals surface area contributed by atoms with Crippen LogP contribution in [0.5, 0.6) is 0 Å². The number of fused-ring (bicyclic) bond motifs is 1. The van der Waals surface area contributed by atoms with Crippen molar-refractivity contribution >= 4 is 52.2 Å². The summed E-state index contributed by atoms with van der Waals surface area (Å²) in [5.74, 6) is -1.58. The van der Waals surface area contributed by atoms with E-state index >= 15 is 0 Å². The molecule has 1 aliphatic heterocycles. The van der Waals surface area contributed by atoms with Crippen LogP contribution in [0.1, 0.15) is 39.2 Å². The highest BCUT2D eigenvalue weighted by atomic mass is 35.5. The lowest BCUT2D eigenvalue weighted by atomic mass is 10.1. The van der Waals surface area contributed by atoms with E-state index in [1.54, 1.807) is 37.8 Å². The monoisotopic (exact) mass is 673 g/mol. The van der Waals surface area contributed by atoms with E-state index in [4.69, 9.17) is 21.1 Å². The van der Waals surface area contributed by atoms with Crippen molar-refractivity contribution in [2.24, 2.45) is 0 Å². The zero-order chi connectivity index (χ0) is 34.3. The molecular weight excluding hydrogens is 636 g/mol. The summed E-state index contributed by atoms with van der Waals surface area (Å²) in [6.07, 6.45) is 0.0773. The average Bonchev–Trinajstić information content (AvgIpc) is 3.02. The largest absolute Gasteiger partial charge is 0.447 e. The zero-order valence-corrected chi connectivity index (χ0v) is 27.5. The van der Waals surface area contributed by atoms with Crippen LogP contribution in [0.4, 0.5) is 24.2 Å². The van der Waals surface area contributed by atoms with Crippen LogP contribution in [-0.2, 0) is 25.5 Å². The molecular formula is C33H38ClF2N5O6. The van der Waals surface area contributed by atoms with Gasteiger partial charge in [-0.25, -0.2) is 23.4 Å². The molecule has 11 nitrogen and oxygen atoms in total. The molecule has 2 heterocycles. The number of amides is 4. The number of nitrogens with zero attached hydrogens (tertiary/aromatic N) is 4. The van der Waals surface area contributed by atoms with E-state index in [0.717, 1.165) is 0 Å². The zero-order valence-electron chi connectivity index (χ0n) is 26.7. The summed E-state index contributed by atoms with van der Waals surface area (Å²) in [5.41, 5.74) is -0.189. The molecule has 2 aromatic carbocycles. The summed E-state index contributed by atoms with van der Waals surface area (Å²) in [5, 5.41) is 3.62. The Labute approximate surface area is 276 Å². The molecule has 0 bridgehead atoms. The molecule has 0 radical (unpaired) electrons. The Kier molecular flexibility index (Phi) is 11.6. The van der Waals surface area contributed by atoms with Gasteiger partial charge in [0.05, 0.1) is 17.5 Å². The number of hydrogen-bond donors (Lipinski definition) is 1. The van der Waals surface area contributed by atoms with Crippen molar-refractivity contribution in [3.63, 3.8) is 0 Å². The van der Waals surface area contributed by atoms with Gasteiger partial charge in [-0.15, -0.1) is 0 Å². The minimum Gasteiger partial charge on any atom is -0.447 e. The Morgan fingerprint density at radius 3 is 2.43 bits per heavy atom. The van der Waals surface area contributed by atoms with E-state index in [-0.39, 0.29) is 74.7 Å². The minimum absolute atomic E-state index is 0.0390. The molecule has 1 aromatic heterocycles. The van der Waals surface area contributed by atoms with Crippen molar-refractivity contribution < 1.29 is 37.4 Å². The van der Waals surface area contributed by atoms with Crippen molar-refractivity contribution in [1.29, 1.82) is 0 Å². The third-order valence-corrected chi connectivity index (χ3v) is 8.02. The number of anilines is 1. The summed E-state index contributed by atoms with van der Waals surface area (Å²) in [6.45, 7) is 6.06. The first-order valence-electron chi connectivity index (χ1n) is 15.1. The Morgan fingerprint density at radius 2 is 1.72 bits per heavy atom. The summed E-state index contributed by atoms with van der Waals surface area (Å²) in [7, 11) is 1.49. The number of halogens is 3. The fourth-order valence-corrected chi connectivity index (χ4v) is 5.18. The second-order valence-electron chi connectivity index (χ2n) is 12.2. The van der Waals surface area contributed by atoms with Crippen LogP contribution in [0.2, 0.25) is 5.02 Å². The second kappa shape index (κ2) is 15.4. The Hall–Kier alpha value is -4.52. The second-order valence-corrected chi connectivity index (χ2v) is 12.6. The Bertz CT molecular complexity index is 1630. The number of likely N-dealkylation sites (N-methyl/N-ethyl adjacent to an activating group) is 1. The van der Waals surface area contributed by atoms with Crippen molar-refractivity contribution in [2.75, 3.05) is 45.2 Å². The predicted molar refractivity (Wildman–Crippen MR) is 172 cm³/mol. The van der Waals surface area contributed by atoms with E-state index in [0.29, 0.717) is 16.3 Å². The first-order chi connectivity index (χ1) is 22.2. The third kappa shape index (κ3) is 9.98. The summed E-state index contributed by atoms with van der Waals surface area (Å²) >= 11 is 6.06. The number of carbonyl (C=O) groups is 4. The Balaban J connectivity index is 1.40. The van der Waals surface area contributed by atoms with E-state index in [2.05, 4.69) is 10.3 Å². The SMILES string of the molecule is CN(C(=O)CCc1cccc(F)c1Cl)[C@H](COC(=O)Nc1cc2cc(F)ccc2cn1)CC(=O)N1CCN(C(=O)OC(C)(C)C)CC1. The molecule has 1 fully saturated rings. The number of hydrogen-bond acceptors (Lipinski definition) is 7. The molecule has 1 saturated heterocycles. The molecule has 252 valence electrons. The fourth-order valence-electron chi connectivity index (χ4n) is 4.96. The van der Waals surface area contributed by atoms with Gasteiger partial charge in [-0.05, 0) is 68.5 Å². The molecule has 0 unspecified atom stereocenters. The van der Waals surface area contributed by atoms with Crippen LogP contribution in [0.15, 0.2) is 48.7 Å². The van der Waals surface area contributed by atoms with Gasteiger partial charge in [0.25, 0.3) is 0 Å². The number of pyridine rings is 1. The van der Waals surface area contributed by atoms with Crippen molar-refractivity contribution in [1.82, 2.24) is 19.7 Å². The summed E-state index contributed by atoms with van der Waals surface area (Å²) in [6, 6.07) is 9.16. The summed E-state index contributed by atoms with van der Waals surface area (Å²) in [4.78, 5) is 60.4. The number of benzene rings is 2. The van der Waals surface area contributed by atoms with Crippen LogP contribution in [0.3, 0.4) is 0 Å². The van der Waals surface area contributed by atoms with Crippen LogP contribution in [0.25, 0.3) is 10.8 Å². The molecule has 47 heavy (non-hydrogen) atoms. The molecule has 1 N–H and O–H groups in total. The maximum atomic E-state index is 13.9. The van der Waals surface area contributed by atoms with Gasteiger partial charge in [-0.1, -0.05) is 23.7 Å². The van der Waals surface area contributed by atoms with Gasteiger partial charge in [0.2, 0.25) is 11.8 Å². The molecule has 4 amide bonds. The van der Waals surface area contributed by atoms with Crippen LogP contribution >= 0.6 is 11.6 Å². The molecule has 14 heteroatoms. The minimum atomic E-state index is -0.885. The Morgan fingerprint density at radius 1 is 1.02 bits per heavy atom. The molecule has 0 aliphatic carbocycles. The number of nitrogens with one attached hydrogen (secondary N) is 1. The van der Waals surface area contributed by atoms with Crippen LogP contribution < -0.4 is 5.32 Å². The molecule has 4 rings (SSSR count). The number of carbonyl (C=O) groups excluding carboxylic acids is 4. The highest BCUT2D eigenvalue weighted by Crippen LogP contribution is 2.22. The van der Waals surface area contributed by atoms with Gasteiger partial charge in [0.15, 0.2) is 0 Å². The van der Waals surface area contributed by atoms with Gasteiger partial charge < -0.3 is 24.2 Å². The standard InChI is InChI=1S/C33H38ClF2N5O6/c1-33(2,3)47-32(45)41-14-12-40(13-15-41)29(43)18-25(39(4)28(42)11-9-21-6-5-7-26(36)30(21)34)20-46-31(44)38-27-17-23-16-24(35)10-8-22(23)19-37-27/h5-8,10,16-17,19,25H,9,11-15,18,20H2,1-4H3,(H,37,38,44)/t25-/m0/s1. The smallest absolute Gasteiger partial charge is 0.412 e. The number of rotatable bonds is 9. The number of piperazine rings is 1. The molecule has 0 spiro atoms. The average molecular weight is 674 g/mol. The van der Waals surface area contributed by atoms with Crippen molar-refractivity contribution in [3.05, 3.63) is 70.9 Å². The van der Waals surface area contributed by atoms with Crippen LogP contribution in [0, 0.1) is 11.6 Å². The lowest BCUT2D eigenvalue weighted by Gasteiger charge is -2.36. The van der Waals surface area contributed by atoms with Crippen LogP contribution in [-0.4, -0.2) is 95.2 Å². The maximum Gasteiger partial charge on any atom is 0.412 e. The summed E-state index contributed by atoms with van der Waals surface area (Å²) < 4.78 is 38.4. The third-order valence-electron chi connectivity index (χ3n) is 7.60. The molecule has 0 saturated carbocycles. The number of aromatic nitrogens is 1. The highest BCUT2D eigenvalue weighted by Gasteiger charge is 2.31.